The largest absolute Gasteiger partial charge is 0.441 e. The molecule has 1 aromatic rings. The van der Waals surface area contributed by atoms with Crippen molar-refractivity contribution < 1.29 is 31.1 Å². The number of carbonyl (C=O) groups excluding carboxylic acids is 1. The van der Waals surface area contributed by atoms with Gasteiger partial charge in [-0.1, -0.05) is 31.4 Å². The van der Waals surface area contributed by atoms with Gasteiger partial charge in [0, 0.05) is 36.2 Å². The standard InChI is InChI=1S/C26H38ClN3O7S2/c1-4-21-15-29(38(3,32)33)18(2)14-28(21)25(31)37-26(11-12-26)24-17-36-16-22(13-19-5-6-19)30(24)39(34,35)23-9-7-20(27)8-10-23/h7-10,18-19,21-22,24H,4-6,11-17H2,1-3H3/t18-,21+,22-,24-/m1/s1. The van der Waals surface area contributed by atoms with Crippen LogP contribution in [-0.2, 0) is 29.5 Å². The zero-order chi connectivity index (χ0) is 28.2. The van der Waals surface area contributed by atoms with E-state index in [2.05, 4.69) is 0 Å². The molecule has 4 aliphatic rings. The van der Waals surface area contributed by atoms with E-state index in [0.29, 0.717) is 43.2 Å². The van der Waals surface area contributed by atoms with Crippen LogP contribution >= 0.6 is 11.6 Å². The summed E-state index contributed by atoms with van der Waals surface area (Å²) in [7, 11) is -7.34. The highest BCUT2D eigenvalue weighted by atomic mass is 35.5. The number of hydrogen-bond acceptors (Lipinski definition) is 7. The summed E-state index contributed by atoms with van der Waals surface area (Å²) in [5.74, 6) is 0.468. The van der Waals surface area contributed by atoms with Crippen molar-refractivity contribution in [2.24, 2.45) is 5.92 Å². The number of sulfonamides is 2. The van der Waals surface area contributed by atoms with E-state index >= 15 is 0 Å². The fourth-order valence-electron chi connectivity index (χ4n) is 6.01. The maximum atomic E-state index is 14.1. The highest BCUT2D eigenvalue weighted by molar-refractivity contribution is 7.89. The molecule has 10 nitrogen and oxygen atoms in total. The summed E-state index contributed by atoms with van der Waals surface area (Å²) in [5, 5.41) is 0.449. The molecule has 218 valence electrons. The lowest BCUT2D eigenvalue weighted by Crippen LogP contribution is -2.63. The molecule has 1 aromatic carbocycles. The number of hydrogen-bond donors (Lipinski definition) is 0. The lowest BCUT2D eigenvalue weighted by Gasteiger charge is -2.46. The van der Waals surface area contributed by atoms with Crippen LogP contribution in [-0.4, -0.2) is 98.8 Å². The number of morpholine rings is 1. The van der Waals surface area contributed by atoms with E-state index < -0.39 is 43.8 Å². The summed E-state index contributed by atoms with van der Waals surface area (Å²) in [4.78, 5) is 15.4. The maximum Gasteiger partial charge on any atom is 0.410 e. The van der Waals surface area contributed by atoms with Gasteiger partial charge in [0.05, 0.1) is 30.4 Å². The fourth-order valence-corrected chi connectivity index (χ4v) is 9.15. The first-order valence-electron chi connectivity index (χ1n) is 13.7. The maximum absolute atomic E-state index is 14.1. The van der Waals surface area contributed by atoms with Crippen LogP contribution < -0.4 is 0 Å². The van der Waals surface area contributed by atoms with Crippen molar-refractivity contribution in [1.29, 1.82) is 0 Å². The number of ether oxygens (including phenoxy) is 2. The normalized spacial score (nSPS) is 30.2. The number of benzene rings is 1. The van der Waals surface area contributed by atoms with Gasteiger partial charge in [-0.3, -0.25) is 0 Å². The van der Waals surface area contributed by atoms with Gasteiger partial charge < -0.3 is 14.4 Å². The van der Waals surface area contributed by atoms with E-state index in [1.165, 1.54) is 22.7 Å². The molecule has 1 amide bonds. The molecule has 2 heterocycles. The molecule has 39 heavy (non-hydrogen) atoms. The Morgan fingerprint density at radius 3 is 2.31 bits per heavy atom. The monoisotopic (exact) mass is 603 g/mol. The van der Waals surface area contributed by atoms with Gasteiger partial charge in [-0.15, -0.1) is 0 Å². The summed E-state index contributed by atoms with van der Waals surface area (Å²) >= 11 is 6.04. The molecule has 2 saturated carbocycles. The Morgan fingerprint density at radius 2 is 1.74 bits per heavy atom. The third kappa shape index (κ3) is 5.97. The average molecular weight is 604 g/mol. The van der Waals surface area contributed by atoms with Crippen molar-refractivity contribution in [1.82, 2.24) is 13.5 Å². The van der Waals surface area contributed by atoms with Crippen LogP contribution in [0.25, 0.3) is 0 Å². The van der Waals surface area contributed by atoms with Crippen molar-refractivity contribution >= 4 is 37.7 Å². The summed E-state index contributed by atoms with van der Waals surface area (Å²) < 4.78 is 67.8. The van der Waals surface area contributed by atoms with E-state index in [1.807, 2.05) is 6.92 Å². The molecule has 13 heteroatoms. The van der Waals surface area contributed by atoms with Gasteiger partial charge in [0.1, 0.15) is 5.60 Å². The molecule has 0 unspecified atom stereocenters. The van der Waals surface area contributed by atoms with Crippen molar-refractivity contribution in [2.45, 2.75) is 87.0 Å². The second kappa shape index (κ2) is 10.8. The zero-order valence-electron chi connectivity index (χ0n) is 22.7. The van der Waals surface area contributed by atoms with Gasteiger partial charge in [0.2, 0.25) is 20.0 Å². The molecule has 0 N–H and O–H groups in total. The molecule has 2 aliphatic carbocycles. The Hall–Kier alpha value is -1.44. The summed E-state index contributed by atoms with van der Waals surface area (Å²) in [5.41, 5.74) is -0.992. The Morgan fingerprint density at radius 1 is 1.08 bits per heavy atom. The van der Waals surface area contributed by atoms with Gasteiger partial charge >= 0.3 is 6.09 Å². The SMILES string of the molecule is CC[C@H]1CN(S(C)(=O)=O)[C@H](C)CN1C(=O)OC1([C@H]2COC[C@@H](CC3CC3)N2S(=O)(=O)c2ccc(Cl)cc2)CC1. The second-order valence-electron chi connectivity index (χ2n) is 11.5. The van der Waals surface area contributed by atoms with Gasteiger partial charge in [-0.05, 0) is 62.8 Å². The quantitative estimate of drug-likeness (QED) is 0.448. The summed E-state index contributed by atoms with van der Waals surface area (Å²) in [6.45, 7) is 4.53. The van der Waals surface area contributed by atoms with E-state index in [4.69, 9.17) is 21.1 Å². The van der Waals surface area contributed by atoms with E-state index in [1.54, 1.807) is 28.3 Å². The number of nitrogens with zero attached hydrogens (tertiary/aromatic N) is 3. The van der Waals surface area contributed by atoms with Crippen LogP contribution in [0.2, 0.25) is 5.02 Å². The van der Waals surface area contributed by atoms with Crippen LogP contribution in [0, 0.1) is 5.92 Å². The molecule has 5 rings (SSSR count). The molecule has 0 spiro atoms. The van der Waals surface area contributed by atoms with Crippen molar-refractivity contribution in [2.75, 3.05) is 32.6 Å². The van der Waals surface area contributed by atoms with Crippen LogP contribution in [0.4, 0.5) is 4.79 Å². The van der Waals surface area contributed by atoms with Gasteiger partial charge in [0.25, 0.3) is 0 Å². The highest BCUT2D eigenvalue weighted by Gasteiger charge is 2.61. The van der Waals surface area contributed by atoms with E-state index in [-0.39, 0.29) is 36.7 Å². The Balaban J connectivity index is 1.41. The predicted octanol–water partition coefficient (Wildman–Crippen LogP) is 3.31. The molecule has 0 bridgehead atoms. The lowest BCUT2D eigenvalue weighted by atomic mass is 10.0. The number of carbonyl (C=O) groups is 1. The molecule has 0 aromatic heterocycles. The minimum atomic E-state index is -3.93. The van der Waals surface area contributed by atoms with Crippen LogP contribution in [0.3, 0.4) is 0 Å². The zero-order valence-corrected chi connectivity index (χ0v) is 25.0. The first-order valence-corrected chi connectivity index (χ1v) is 17.4. The average Bonchev–Trinajstić information content (AvgIpc) is 3.81. The van der Waals surface area contributed by atoms with Gasteiger partial charge in [-0.2, -0.15) is 8.61 Å². The van der Waals surface area contributed by atoms with Crippen molar-refractivity contribution in [3.05, 3.63) is 29.3 Å². The minimum Gasteiger partial charge on any atom is -0.441 e. The molecule has 4 atom stereocenters. The molecular weight excluding hydrogens is 566 g/mol. The van der Waals surface area contributed by atoms with Crippen LogP contribution in [0.1, 0.15) is 52.4 Å². The van der Waals surface area contributed by atoms with Gasteiger partial charge in [0.15, 0.2) is 0 Å². The first-order chi connectivity index (χ1) is 18.4. The first kappa shape index (κ1) is 29.1. The third-order valence-corrected chi connectivity index (χ3v) is 12.1. The summed E-state index contributed by atoms with van der Waals surface area (Å²) in [6, 6.07) is 4.41. The molecule has 2 saturated heterocycles. The summed E-state index contributed by atoms with van der Waals surface area (Å²) in [6.07, 6.45) is 5.13. The number of halogens is 1. The van der Waals surface area contributed by atoms with Crippen LogP contribution in [0.5, 0.6) is 0 Å². The Labute approximate surface area is 236 Å². The fraction of sp³-hybridized carbons (Fsp3) is 0.731. The Bertz CT molecular complexity index is 1280. The van der Waals surface area contributed by atoms with E-state index in [0.717, 1.165) is 12.8 Å². The topological polar surface area (TPSA) is 114 Å². The van der Waals surface area contributed by atoms with Crippen molar-refractivity contribution in [3.8, 4) is 0 Å². The van der Waals surface area contributed by atoms with Crippen molar-refractivity contribution in [3.63, 3.8) is 0 Å². The number of rotatable bonds is 8. The van der Waals surface area contributed by atoms with E-state index in [9.17, 15) is 21.6 Å². The van der Waals surface area contributed by atoms with Crippen LogP contribution in [0.15, 0.2) is 29.2 Å². The Kier molecular flexibility index (Phi) is 8.02. The molecule has 2 aliphatic heterocycles. The number of piperazine rings is 1. The molecule has 0 radical (unpaired) electrons. The highest BCUT2D eigenvalue weighted by Crippen LogP contribution is 2.49. The second-order valence-corrected chi connectivity index (χ2v) is 15.7. The predicted molar refractivity (Wildman–Crippen MR) is 146 cm³/mol. The van der Waals surface area contributed by atoms with Gasteiger partial charge in [-0.25, -0.2) is 21.6 Å². The molecule has 4 fully saturated rings. The molecular formula is C26H38ClN3O7S2. The minimum absolute atomic E-state index is 0.136. The lowest BCUT2D eigenvalue weighted by molar-refractivity contribution is -0.0774. The smallest absolute Gasteiger partial charge is 0.410 e. The third-order valence-electron chi connectivity index (χ3n) is 8.50. The number of amides is 1.